The molecule has 1 aromatic rings. The molecule has 0 aromatic carbocycles. The summed E-state index contributed by atoms with van der Waals surface area (Å²) in [5.41, 5.74) is 7.10. The van der Waals surface area contributed by atoms with Crippen LogP contribution in [0.5, 0.6) is 0 Å². The Balaban J connectivity index is 2.00. The van der Waals surface area contributed by atoms with E-state index in [9.17, 15) is 0 Å². The third-order valence-corrected chi connectivity index (χ3v) is 4.02. The van der Waals surface area contributed by atoms with Gasteiger partial charge in [0, 0.05) is 18.2 Å². The second-order valence-corrected chi connectivity index (χ2v) is 4.99. The monoisotopic (exact) mass is 222 g/mol. The Kier molecular flexibility index (Phi) is 3.66. The third-order valence-electron chi connectivity index (χ3n) is 4.02. The van der Waals surface area contributed by atoms with Gasteiger partial charge >= 0.3 is 0 Å². The van der Waals surface area contributed by atoms with E-state index in [1.165, 1.54) is 18.5 Å². The van der Waals surface area contributed by atoms with E-state index in [4.69, 9.17) is 10.2 Å². The molecule has 2 rings (SSSR count). The van der Waals surface area contributed by atoms with Crippen molar-refractivity contribution in [1.82, 2.24) is 4.90 Å². The summed E-state index contributed by atoms with van der Waals surface area (Å²) in [7, 11) is 0. The SMILES string of the molecule is CC1CCN(C(C)c2ccoc2)CC1CN. The molecule has 2 N–H and O–H groups in total. The molecule has 1 aliphatic heterocycles. The first-order valence-electron chi connectivity index (χ1n) is 6.18. The highest BCUT2D eigenvalue weighted by molar-refractivity contribution is 5.11. The summed E-state index contributed by atoms with van der Waals surface area (Å²) < 4.78 is 5.15. The van der Waals surface area contributed by atoms with Gasteiger partial charge in [0.05, 0.1) is 12.5 Å². The van der Waals surface area contributed by atoms with Gasteiger partial charge in [0.1, 0.15) is 0 Å². The summed E-state index contributed by atoms with van der Waals surface area (Å²) >= 11 is 0. The van der Waals surface area contributed by atoms with Crippen LogP contribution in [-0.4, -0.2) is 24.5 Å². The first kappa shape index (κ1) is 11.7. The molecule has 3 unspecified atom stereocenters. The summed E-state index contributed by atoms with van der Waals surface area (Å²) in [4.78, 5) is 2.52. The third kappa shape index (κ3) is 2.30. The Morgan fingerprint density at radius 1 is 1.62 bits per heavy atom. The molecule has 1 aromatic heterocycles. The van der Waals surface area contributed by atoms with Gasteiger partial charge in [-0.05, 0) is 44.3 Å². The molecule has 0 amide bonds. The van der Waals surface area contributed by atoms with Crippen molar-refractivity contribution in [2.24, 2.45) is 17.6 Å². The molecule has 0 bridgehead atoms. The van der Waals surface area contributed by atoms with Gasteiger partial charge in [0.25, 0.3) is 0 Å². The summed E-state index contributed by atoms with van der Waals surface area (Å²) in [6, 6.07) is 2.50. The van der Waals surface area contributed by atoms with Crippen LogP contribution in [0.1, 0.15) is 31.9 Å². The second kappa shape index (κ2) is 5.02. The highest BCUT2D eigenvalue weighted by Gasteiger charge is 2.28. The molecule has 2 heterocycles. The number of piperidine rings is 1. The van der Waals surface area contributed by atoms with E-state index in [-0.39, 0.29) is 0 Å². The zero-order chi connectivity index (χ0) is 11.5. The van der Waals surface area contributed by atoms with Gasteiger partial charge in [-0.15, -0.1) is 0 Å². The predicted molar refractivity (Wildman–Crippen MR) is 65.0 cm³/mol. The number of rotatable bonds is 3. The summed E-state index contributed by atoms with van der Waals surface area (Å²) in [6.07, 6.45) is 4.85. The molecule has 3 nitrogen and oxygen atoms in total. The fourth-order valence-corrected chi connectivity index (χ4v) is 2.56. The van der Waals surface area contributed by atoms with E-state index in [0.717, 1.165) is 19.0 Å². The smallest absolute Gasteiger partial charge is 0.0950 e. The average Bonchev–Trinajstić information content (AvgIpc) is 2.82. The van der Waals surface area contributed by atoms with E-state index in [1.807, 2.05) is 6.26 Å². The van der Waals surface area contributed by atoms with Gasteiger partial charge in [0.2, 0.25) is 0 Å². The standard InChI is InChI=1S/C13H22N2O/c1-10-3-5-15(8-13(10)7-14)11(2)12-4-6-16-9-12/h4,6,9-11,13H,3,5,7-8,14H2,1-2H3. The van der Waals surface area contributed by atoms with Crippen molar-refractivity contribution in [3.05, 3.63) is 24.2 Å². The minimum Gasteiger partial charge on any atom is -0.472 e. The molecule has 0 radical (unpaired) electrons. The number of hydrogen-bond acceptors (Lipinski definition) is 3. The van der Waals surface area contributed by atoms with Crippen LogP contribution in [0.4, 0.5) is 0 Å². The number of likely N-dealkylation sites (tertiary alicyclic amines) is 1. The van der Waals surface area contributed by atoms with E-state index in [1.54, 1.807) is 6.26 Å². The zero-order valence-electron chi connectivity index (χ0n) is 10.2. The Labute approximate surface area is 97.6 Å². The Bertz CT molecular complexity index is 310. The van der Waals surface area contributed by atoms with Gasteiger partial charge in [0.15, 0.2) is 0 Å². The van der Waals surface area contributed by atoms with Crippen LogP contribution in [-0.2, 0) is 0 Å². The lowest BCUT2D eigenvalue weighted by molar-refractivity contribution is 0.0976. The van der Waals surface area contributed by atoms with E-state index >= 15 is 0 Å². The Morgan fingerprint density at radius 3 is 3.06 bits per heavy atom. The molecule has 1 fully saturated rings. The molecular weight excluding hydrogens is 200 g/mol. The van der Waals surface area contributed by atoms with Crippen LogP contribution in [0.2, 0.25) is 0 Å². The largest absolute Gasteiger partial charge is 0.472 e. The van der Waals surface area contributed by atoms with Crippen LogP contribution >= 0.6 is 0 Å². The van der Waals surface area contributed by atoms with E-state index in [0.29, 0.717) is 12.0 Å². The lowest BCUT2D eigenvalue weighted by atomic mass is 9.86. The van der Waals surface area contributed by atoms with Crippen LogP contribution < -0.4 is 5.73 Å². The predicted octanol–water partition coefficient (Wildman–Crippen LogP) is 2.26. The van der Waals surface area contributed by atoms with E-state index < -0.39 is 0 Å². The van der Waals surface area contributed by atoms with Gasteiger partial charge < -0.3 is 10.2 Å². The van der Waals surface area contributed by atoms with Crippen molar-refractivity contribution < 1.29 is 4.42 Å². The summed E-state index contributed by atoms with van der Waals surface area (Å²) in [6.45, 7) is 7.65. The molecule has 3 atom stereocenters. The Morgan fingerprint density at radius 2 is 2.44 bits per heavy atom. The highest BCUT2D eigenvalue weighted by atomic mass is 16.3. The van der Waals surface area contributed by atoms with Crippen LogP contribution in [0.25, 0.3) is 0 Å². The maximum Gasteiger partial charge on any atom is 0.0950 e. The summed E-state index contributed by atoms with van der Waals surface area (Å²) in [5.74, 6) is 1.40. The maximum atomic E-state index is 5.83. The van der Waals surface area contributed by atoms with Gasteiger partial charge in [-0.25, -0.2) is 0 Å². The molecular formula is C13H22N2O. The van der Waals surface area contributed by atoms with Gasteiger partial charge in [-0.2, -0.15) is 0 Å². The van der Waals surface area contributed by atoms with Crippen LogP contribution in [0, 0.1) is 11.8 Å². The van der Waals surface area contributed by atoms with Gasteiger partial charge in [-0.1, -0.05) is 6.92 Å². The van der Waals surface area contributed by atoms with Crippen molar-refractivity contribution in [2.75, 3.05) is 19.6 Å². The lowest BCUT2D eigenvalue weighted by Gasteiger charge is -2.39. The molecule has 0 saturated carbocycles. The van der Waals surface area contributed by atoms with E-state index in [2.05, 4.69) is 24.8 Å². The van der Waals surface area contributed by atoms with Crippen molar-refractivity contribution >= 4 is 0 Å². The molecule has 90 valence electrons. The molecule has 0 aliphatic carbocycles. The Hall–Kier alpha value is -0.800. The normalized spacial score (nSPS) is 29.2. The van der Waals surface area contributed by atoms with Crippen molar-refractivity contribution in [2.45, 2.75) is 26.3 Å². The lowest BCUT2D eigenvalue weighted by Crippen LogP contribution is -2.43. The van der Waals surface area contributed by atoms with Crippen molar-refractivity contribution in [3.8, 4) is 0 Å². The number of furan rings is 1. The topological polar surface area (TPSA) is 42.4 Å². The zero-order valence-corrected chi connectivity index (χ0v) is 10.2. The van der Waals surface area contributed by atoms with Crippen LogP contribution in [0.15, 0.2) is 23.0 Å². The quantitative estimate of drug-likeness (QED) is 0.853. The molecule has 0 spiro atoms. The fourth-order valence-electron chi connectivity index (χ4n) is 2.56. The molecule has 1 aliphatic rings. The highest BCUT2D eigenvalue weighted by Crippen LogP contribution is 2.29. The van der Waals surface area contributed by atoms with Crippen molar-refractivity contribution in [3.63, 3.8) is 0 Å². The summed E-state index contributed by atoms with van der Waals surface area (Å²) in [5, 5.41) is 0. The molecule has 1 saturated heterocycles. The van der Waals surface area contributed by atoms with Crippen LogP contribution in [0.3, 0.4) is 0 Å². The number of nitrogens with zero attached hydrogens (tertiary/aromatic N) is 1. The first-order chi connectivity index (χ1) is 7.72. The fraction of sp³-hybridized carbons (Fsp3) is 0.692. The number of hydrogen-bond donors (Lipinski definition) is 1. The maximum absolute atomic E-state index is 5.83. The molecule has 16 heavy (non-hydrogen) atoms. The average molecular weight is 222 g/mol. The second-order valence-electron chi connectivity index (χ2n) is 4.99. The molecule has 3 heteroatoms. The number of nitrogens with two attached hydrogens (primary N) is 1. The first-order valence-corrected chi connectivity index (χ1v) is 6.18. The minimum absolute atomic E-state index is 0.445. The minimum atomic E-state index is 0.445. The van der Waals surface area contributed by atoms with Gasteiger partial charge in [-0.3, -0.25) is 4.90 Å². The van der Waals surface area contributed by atoms with Crippen molar-refractivity contribution in [1.29, 1.82) is 0 Å².